The van der Waals surface area contributed by atoms with E-state index in [1.807, 2.05) is 38.4 Å². The lowest BCUT2D eigenvalue weighted by Crippen LogP contribution is -2.30. The van der Waals surface area contributed by atoms with Crippen LogP contribution in [0.1, 0.15) is 24.3 Å². The van der Waals surface area contributed by atoms with Gasteiger partial charge in [-0.3, -0.25) is 0 Å². The molecule has 2 rings (SSSR count). The standard InChI is InChI=1S/C16H21BrN2OS/c1-4-13(18)16(14-8-9-15(17)21-14)20-12-7-5-6-11(10-12)19(2)3/h5-10,13,16H,4,18H2,1-3H3. The highest BCUT2D eigenvalue weighted by Crippen LogP contribution is 2.33. The summed E-state index contributed by atoms with van der Waals surface area (Å²) in [7, 11) is 4.04. The molecule has 1 heterocycles. The minimum atomic E-state index is -0.122. The highest BCUT2D eigenvalue weighted by atomic mass is 79.9. The van der Waals surface area contributed by atoms with Crippen molar-refractivity contribution in [2.45, 2.75) is 25.5 Å². The van der Waals surface area contributed by atoms with E-state index in [0.29, 0.717) is 0 Å². The molecular weight excluding hydrogens is 348 g/mol. The topological polar surface area (TPSA) is 38.5 Å². The molecule has 114 valence electrons. The zero-order chi connectivity index (χ0) is 15.4. The average Bonchev–Trinajstić information content (AvgIpc) is 2.90. The van der Waals surface area contributed by atoms with Gasteiger partial charge in [0.05, 0.1) is 3.79 Å². The molecule has 2 aromatic rings. The van der Waals surface area contributed by atoms with Crippen LogP contribution in [0.5, 0.6) is 5.75 Å². The second-order valence-corrected chi connectivity index (χ2v) is 7.64. The average molecular weight is 369 g/mol. The molecule has 0 aliphatic rings. The van der Waals surface area contributed by atoms with E-state index in [2.05, 4.69) is 39.9 Å². The number of hydrogen-bond donors (Lipinski definition) is 1. The zero-order valence-corrected chi connectivity index (χ0v) is 14.9. The molecule has 0 spiro atoms. The van der Waals surface area contributed by atoms with Crippen LogP contribution in [0.25, 0.3) is 0 Å². The molecule has 0 bridgehead atoms. The minimum absolute atomic E-state index is 0.0291. The fourth-order valence-corrected chi connectivity index (χ4v) is 3.56. The van der Waals surface area contributed by atoms with Gasteiger partial charge in [0.15, 0.2) is 0 Å². The first-order chi connectivity index (χ1) is 10.0. The van der Waals surface area contributed by atoms with Crippen LogP contribution in [0, 0.1) is 0 Å². The number of ether oxygens (including phenoxy) is 1. The van der Waals surface area contributed by atoms with Crippen molar-refractivity contribution in [3.8, 4) is 5.75 Å². The first kappa shape index (κ1) is 16.3. The maximum Gasteiger partial charge on any atom is 0.148 e. The lowest BCUT2D eigenvalue weighted by atomic mass is 10.1. The van der Waals surface area contributed by atoms with Crippen molar-refractivity contribution in [1.82, 2.24) is 0 Å². The summed E-state index contributed by atoms with van der Waals surface area (Å²) < 4.78 is 7.29. The number of hydrogen-bond acceptors (Lipinski definition) is 4. The Morgan fingerprint density at radius 3 is 2.62 bits per heavy atom. The highest BCUT2D eigenvalue weighted by molar-refractivity contribution is 9.11. The molecule has 1 aromatic heterocycles. The van der Waals surface area contributed by atoms with Gasteiger partial charge in [-0.15, -0.1) is 11.3 Å². The third kappa shape index (κ3) is 4.22. The molecular formula is C16H21BrN2OS. The predicted octanol–water partition coefficient (Wildman–Crippen LogP) is 4.43. The molecule has 0 radical (unpaired) electrons. The highest BCUT2D eigenvalue weighted by Gasteiger charge is 2.22. The molecule has 0 saturated heterocycles. The number of thiophene rings is 1. The van der Waals surface area contributed by atoms with E-state index in [1.165, 1.54) is 0 Å². The number of benzene rings is 1. The normalized spacial score (nSPS) is 13.8. The Hall–Kier alpha value is -1.04. The van der Waals surface area contributed by atoms with Crippen molar-refractivity contribution in [3.63, 3.8) is 0 Å². The van der Waals surface area contributed by atoms with Crippen LogP contribution in [0.2, 0.25) is 0 Å². The SMILES string of the molecule is CCC(N)C(Oc1cccc(N(C)C)c1)c1ccc(Br)s1. The summed E-state index contributed by atoms with van der Waals surface area (Å²) in [6, 6.07) is 12.2. The van der Waals surface area contributed by atoms with E-state index in [0.717, 1.165) is 26.5 Å². The zero-order valence-electron chi connectivity index (χ0n) is 12.5. The minimum Gasteiger partial charge on any atom is -0.483 e. The molecule has 3 nitrogen and oxygen atoms in total. The molecule has 5 heteroatoms. The molecule has 0 aliphatic heterocycles. The van der Waals surface area contributed by atoms with Crippen molar-refractivity contribution in [2.24, 2.45) is 5.73 Å². The van der Waals surface area contributed by atoms with E-state index in [-0.39, 0.29) is 12.1 Å². The Balaban J connectivity index is 2.25. The van der Waals surface area contributed by atoms with Crippen molar-refractivity contribution in [1.29, 1.82) is 0 Å². The van der Waals surface area contributed by atoms with E-state index in [4.69, 9.17) is 10.5 Å². The number of nitrogens with two attached hydrogens (primary N) is 1. The van der Waals surface area contributed by atoms with Crippen molar-refractivity contribution < 1.29 is 4.74 Å². The molecule has 0 aliphatic carbocycles. The molecule has 21 heavy (non-hydrogen) atoms. The van der Waals surface area contributed by atoms with Crippen LogP contribution in [-0.2, 0) is 0 Å². The fraction of sp³-hybridized carbons (Fsp3) is 0.375. The summed E-state index contributed by atoms with van der Waals surface area (Å²) >= 11 is 5.17. The maximum atomic E-state index is 6.26. The monoisotopic (exact) mass is 368 g/mol. The summed E-state index contributed by atoms with van der Waals surface area (Å²) in [6.07, 6.45) is 0.747. The Labute approximate surface area is 138 Å². The van der Waals surface area contributed by atoms with Crippen molar-refractivity contribution in [3.05, 3.63) is 45.1 Å². The van der Waals surface area contributed by atoms with Crippen LogP contribution in [-0.4, -0.2) is 20.1 Å². The van der Waals surface area contributed by atoms with Crippen molar-refractivity contribution >= 4 is 33.0 Å². The quantitative estimate of drug-likeness (QED) is 0.819. The number of halogens is 1. The second kappa shape index (κ2) is 7.29. The van der Waals surface area contributed by atoms with Crippen molar-refractivity contribution in [2.75, 3.05) is 19.0 Å². The first-order valence-corrected chi connectivity index (χ1v) is 8.57. The fourth-order valence-electron chi connectivity index (χ4n) is 2.03. The second-order valence-electron chi connectivity index (χ2n) is 5.14. The van der Waals surface area contributed by atoms with Gasteiger partial charge in [0.1, 0.15) is 11.9 Å². The van der Waals surface area contributed by atoms with Crippen LogP contribution >= 0.6 is 27.3 Å². The van der Waals surface area contributed by atoms with Gasteiger partial charge in [-0.2, -0.15) is 0 Å². The summed E-state index contributed by atoms with van der Waals surface area (Å²) in [5.74, 6) is 0.847. The maximum absolute atomic E-state index is 6.26. The van der Waals surface area contributed by atoms with E-state index >= 15 is 0 Å². The van der Waals surface area contributed by atoms with Crippen LogP contribution in [0.15, 0.2) is 40.2 Å². The van der Waals surface area contributed by atoms with Gasteiger partial charge >= 0.3 is 0 Å². The first-order valence-electron chi connectivity index (χ1n) is 6.96. The van der Waals surface area contributed by atoms with Gasteiger partial charge in [-0.05, 0) is 46.6 Å². The lowest BCUT2D eigenvalue weighted by Gasteiger charge is -2.24. The number of nitrogens with zero attached hydrogens (tertiary/aromatic N) is 1. The molecule has 2 N–H and O–H groups in total. The summed E-state index contributed by atoms with van der Waals surface area (Å²) in [6.45, 7) is 2.08. The van der Waals surface area contributed by atoms with Gasteiger partial charge in [0.2, 0.25) is 0 Å². The molecule has 0 amide bonds. The van der Waals surface area contributed by atoms with E-state index < -0.39 is 0 Å². The molecule has 0 fully saturated rings. The van der Waals surface area contributed by atoms with Gasteiger partial charge in [0.25, 0.3) is 0 Å². The Morgan fingerprint density at radius 1 is 1.29 bits per heavy atom. The Kier molecular flexibility index (Phi) is 5.67. The van der Waals surface area contributed by atoms with E-state index in [1.54, 1.807) is 11.3 Å². The Morgan fingerprint density at radius 2 is 2.05 bits per heavy atom. The van der Waals surface area contributed by atoms with Crippen LogP contribution in [0.3, 0.4) is 0 Å². The van der Waals surface area contributed by atoms with Crippen LogP contribution in [0.4, 0.5) is 5.69 Å². The third-order valence-corrected chi connectivity index (χ3v) is 5.02. The van der Waals surface area contributed by atoms with Gasteiger partial charge in [-0.25, -0.2) is 0 Å². The lowest BCUT2D eigenvalue weighted by molar-refractivity contribution is 0.174. The largest absolute Gasteiger partial charge is 0.483 e. The smallest absolute Gasteiger partial charge is 0.148 e. The summed E-state index contributed by atoms with van der Waals surface area (Å²) in [4.78, 5) is 3.20. The summed E-state index contributed by atoms with van der Waals surface area (Å²) in [5.41, 5.74) is 7.37. The number of anilines is 1. The molecule has 0 saturated carbocycles. The third-order valence-electron chi connectivity index (χ3n) is 3.33. The molecule has 1 aromatic carbocycles. The number of rotatable bonds is 6. The molecule has 2 atom stereocenters. The molecule has 2 unspecified atom stereocenters. The van der Waals surface area contributed by atoms with Crippen LogP contribution < -0.4 is 15.4 Å². The predicted molar refractivity (Wildman–Crippen MR) is 94.4 cm³/mol. The Bertz CT molecular complexity index is 585. The van der Waals surface area contributed by atoms with E-state index in [9.17, 15) is 0 Å². The van der Waals surface area contributed by atoms with Gasteiger partial charge < -0.3 is 15.4 Å². The van der Waals surface area contributed by atoms with Gasteiger partial charge in [0, 0.05) is 36.8 Å². The summed E-state index contributed by atoms with van der Waals surface area (Å²) in [5, 5.41) is 0. The van der Waals surface area contributed by atoms with Gasteiger partial charge in [-0.1, -0.05) is 13.0 Å².